The summed E-state index contributed by atoms with van der Waals surface area (Å²) >= 11 is 0. The van der Waals surface area contributed by atoms with Gasteiger partial charge in [-0.05, 0) is 12.8 Å². The van der Waals surface area contributed by atoms with Crippen LogP contribution in [-0.4, -0.2) is 15.5 Å². The molecule has 0 fully saturated rings. The topological polar surface area (TPSA) is 43.4 Å². The van der Waals surface area contributed by atoms with Crippen molar-refractivity contribution >= 4 is 10.1 Å². The van der Waals surface area contributed by atoms with E-state index in [1.807, 2.05) is 0 Å². The average molecular weight is 206 g/mol. The van der Waals surface area contributed by atoms with Gasteiger partial charge in [0.25, 0.3) is 10.1 Å². The predicted octanol–water partition coefficient (Wildman–Crippen LogP) is 2.45. The van der Waals surface area contributed by atoms with Crippen LogP contribution in [0.3, 0.4) is 0 Å². The van der Waals surface area contributed by atoms with Gasteiger partial charge in [-0.15, -0.1) is 0 Å². The van der Waals surface area contributed by atoms with E-state index in [1.165, 1.54) is 12.8 Å². The first-order chi connectivity index (χ1) is 6.12. The molecule has 0 unspecified atom stereocenters. The number of unbranched alkanes of at least 4 members (excludes halogenated alkanes) is 4. The lowest BCUT2D eigenvalue weighted by molar-refractivity contribution is 0.406. The van der Waals surface area contributed by atoms with Gasteiger partial charge in [-0.2, -0.15) is 8.42 Å². The van der Waals surface area contributed by atoms with Crippen molar-refractivity contribution in [3.8, 4) is 0 Å². The lowest BCUT2D eigenvalue weighted by Gasteiger charge is -1.94. The molecule has 0 radical (unpaired) electrons. The lowest BCUT2D eigenvalue weighted by Crippen LogP contribution is -1.95. The number of hydrogen-bond acceptors (Lipinski definition) is 3. The standard InChI is InChI=1S/C9H18O3S/c1-3-4-5-6-7-8-9-13(10,11)12-2/h8-9H,3-7H2,1-2H3/b9-8+. The number of hydrogen-bond donors (Lipinski definition) is 0. The number of allylic oxidation sites excluding steroid dienone is 1. The van der Waals surface area contributed by atoms with Crippen LogP contribution in [0.25, 0.3) is 0 Å². The summed E-state index contributed by atoms with van der Waals surface area (Å²) in [5.41, 5.74) is 0. The van der Waals surface area contributed by atoms with Gasteiger partial charge >= 0.3 is 0 Å². The van der Waals surface area contributed by atoms with Gasteiger partial charge < -0.3 is 0 Å². The summed E-state index contributed by atoms with van der Waals surface area (Å²) in [4.78, 5) is 0. The highest BCUT2D eigenvalue weighted by molar-refractivity contribution is 7.89. The van der Waals surface area contributed by atoms with Gasteiger partial charge in [0.15, 0.2) is 0 Å². The van der Waals surface area contributed by atoms with Crippen molar-refractivity contribution in [2.24, 2.45) is 0 Å². The highest BCUT2D eigenvalue weighted by Crippen LogP contribution is 2.04. The molecule has 0 saturated carbocycles. The van der Waals surface area contributed by atoms with Crippen molar-refractivity contribution < 1.29 is 12.6 Å². The van der Waals surface area contributed by atoms with Crippen molar-refractivity contribution in [3.63, 3.8) is 0 Å². The highest BCUT2D eigenvalue weighted by atomic mass is 32.2. The molecule has 0 atom stereocenters. The van der Waals surface area contributed by atoms with E-state index in [1.54, 1.807) is 6.08 Å². The first kappa shape index (κ1) is 12.7. The third-order valence-electron chi connectivity index (χ3n) is 1.72. The highest BCUT2D eigenvalue weighted by Gasteiger charge is 1.99. The number of rotatable bonds is 7. The van der Waals surface area contributed by atoms with E-state index >= 15 is 0 Å². The minimum absolute atomic E-state index is 0.808. The molecular weight excluding hydrogens is 188 g/mol. The van der Waals surface area contributed by atoms with Gasteiger partial charge in [-0.25, -0.2) is 0 Å². The van der Waals surface area contributed by atoms with E-state index in [-0.39, 0.29) is 0 Å². The van der Waals surface area contributed by atoms with Gasteiger partial charge in [-0.1, -0.05) is 32.3 Å². The molecule has 13 heavy (non-hydrogen) atoms. The van der Waals surface area contributed by atoms with Crippen molar-refractivity contribution in [1.29, 1.82) is 0 Å². The molecular formula is C9H18O3S. The van der Waals surface area contributed by atoms with Crippen LogP contribution >= 0.6 is 0 Å². The normalized spacial score (nSPS) is 12.5. The summed E-state index contributed by atoms with van der Waals surface area (Å²) in [6, 6.07) is 0. The molecule has 0 aromatic heterocycles. The van der Waals surface area contributed by atoms with Crippen LogP contribution in [0, 0.1) is 0 Å². The molecule has 4 heteroatoms. The average Bonchev–Trinajstić information content (AvgIpc) is 2.11. The summed E-state index contributed by atoms with van der Waals surface area (Å²) in [5.74, 6) is 0. The molecule has 0 aliphatic rings. The summed E-state index contributed by atoms with van der Waals surface area (Å²) in [5, 5.41) is 1.12. The Hall–Kier alpha value is -0.350. The monoisotopic (exact) mass is 206 g/mol. The fraction of sp³-hybridized carbons (Fsp3) is 0.778. The third-order valence-corrected chi connectivity index (χ3v) is 2.71. The molecule has 0 N–H and O–H groups in total. The fourth-order valence-corrected chi connectivity index (χ4v) is 1.41. The fourth-order valence-electron chi connectivity index (χ4n) is 0.930. The summed E-state index contributed by atoms with van der Waals surface area (Å²) in [6.07, 6.45) is 7.07. The predicted molar refractivity (Wildman–Crippen MR) is 53.8 cm³/mol. The van der Waals surface area contributed by atoms with Crippen LogP contribution in [0.15, 0.2) is 11.5 Å². The second-order valence-electron chi connectivity index (χ2n) is 2.88. The van der Waals surface area contributed by atoms with E-state index in [9.17, 15) is 8.42 Å². The van der Waals surface area contributed by atoms with Crippen LogP contribution in [0.2, 0.25) is 0 Å². The minimum atomic E-state index is -3.39. The van der Waals surface area contributed by atoms with Gasteiger partial charge in [0, 0.05) is 0 Å². The zero-order chi connectivity index (χ0) is 10.2. The van der Waals surface area contributed by atoms with Crippen LogP contribution < -0.4 is 0 Å². The molecule has 3 nitrogen and oxygen atoms in total. The van der Waals surface area contributed by atoms with Crippen LogP contribution in [0.1, 0.15) is 39.0 Å². The zero-order valence-corrected chi connectivity index (χ0v) is 9.14. The molecule has 0 aromatic carbocycles. The Morgan fingerprint density at radius 3 is 2.46 bits per heavy atom. The Morgan fingerprint density at radius 2 is 1.92 bits per heavy atom. The molecule has 0 saturated heterocycles. The maximum Gasteiger partial charge on any atom is 0.289 e. The first-order valence-corrected chi connectivity index (χ1v) is 6.06. The molecule has 0 amide bonds. The summed E-state index contributed by atoms with van der Waals surface area (Å²) < 4.78 is 25.8. The van der Waals surface area contributed by atoms with Gasteiger partial charge in [0.05, 0.1) is 12.5 Å². The molecule has 0 heterocycles. The largest absolute Gasteiger partial charge is 0.289 e. The van der Waals surface area contributed by atoms with E-state index in [4.69, 9.17) is 0 Å². The summed E-state index contributed by atoms with van der Waals surface area (Å²) in [6.45, 7) is 2.14. The molecule has 78 valence electrons. The zero-order valence-electron chi connectivity index (χ0n) is 8.32. The van der Waals surface area contributed by atoms with Crippen LogP contribution in [-0.2, 0) is 14.3 Å². The SMILES string of the molecule is CCCCCC/C=C/S(=O)(=O)OC. The second-order valence-corrected chi connectivity index (χ2v) is 4.47. The Kier molecular flexibility index (Phi) is 6.90. The Balaban J connectivity index is 3.53. The van der Waals surface area contributed by atoms with Crippen molar-refractivity contribution in [2.45, 2.75) is 39.0 Å². The Bertz CT molecular complexity index is 229. The molecule has 0 aromatic rings. The molecule has 0 rings (SSSR count). The van der Waals surface area contributed by atoms with Gasteiger partial charge in [0.1, 0.15) is 0 Å². The van der Waals surface area contributed by atoms with Crippen molar-refractivity contribution in [3.05, 3.63) is 11.5 Å². The second kappa shape index (κ2) is 7.09. The van der Waals surface area contributed by atoms with Crippen LogP contribution in [0.4, 0.5) is 0 Å². The first-order valence-electron chi connectivity index (χ1n) is 4.59. The van der Waals surface area contributed by atoms with E-state index < -0.39 is 10.1 Å². The van der Waals surface area contributed by atoms with E-state index in [0.717, 1.165) is 31.8 Å². The Labute approximate surface area is 80.9 Å². The molecule has 0 bridgehead atoms. The summed E-state index contributed by atoms with van der Waals surface area (Å²) in [7, 11) is -2.23. The lowest BCUT2D eigenvalue weighted by atomic mass is 10.2. The maximum absolute atomic E-state index is 10.8. The maximum atomic E-state index is 10.8. The van der Waals surface area contributed by atoms with E-state index in [2.05, 4.69) is 11.1 Å². The third kappa shape index (κ3) is 7.99. The smallest absolute Gasteiger partial charge is 0.270 e. The van der Waals surface area contributed by atoms with Crippen LogP contribution in [0.5, 0.6) is 0 Å². The van der Waals surface area contributed by atoms with E-state index in [0.29, 0.717) is 0 Å². The van der Waals surface area contributed by atoms with Gasteiger partial charge in [0.2, 0.25) is 0 Å². The minimum Gasteiger partial charge on any atom is -0.270 e. The van der Waals surface area contributed by atoms with Crippen molar-refractivity contribution in [1.82, 2.24) is 0 Å². The molecule has 0 aliphatic carbocycles. The molecule has 0 aliphatic heterocycles. The molecule has 0 spiro atoms. The quantitative estimate of drug-likeness (QED) is 0.474. The van der Waals surface area contributed by atoms with Crippen molar-refractivity contribution in [2.75, 3.05) is 7.11 Å². The Morgan fingerprint density at radius 1 is 1.23 bits per heavy atom. The van der Waals surface area contributed by atoms with Gasteiger partial charge in [-0.3, -0.25) is 4.18 Å².